The topological polar surface area (TPSA) is 80.4 Å². The van der Waals surface area contributed by atoms with Crippen molar-refractivity contribution < 1.29 is 19.2 Å². The largest absolute Gasteiger partial charge is 0.481 e. The molecule has 1 unspecified atom stereocenters. The second-order valence-corrected chi connectivity index (χ2v) is 12.1. The summed E-state index contributed by atoms with van der Waals surface area (Å²) in [7, 11) is 0. The molecule has 5 nitrogen and oxygen atoms in total. The average Bonchev–Trinajstić information content (AvgIpc) is 3.43. The lowest BCUT2D eigenvalue weighted by Crippen LogP contribution is -2.26. The summed E-state index contributed by atoms with van der Waals surface area (Å²) in [5, 5.41) is 14.0. The molecular weight excluding hydrogens is 426 g/mol. The van der Waals surface area contributed by atoms with Crippen LogP contribution in [0, 0.1) is 25.2 Å². The number of aryl methyl sites for hydroxylation is 2. The molecule has 0 aliphatic heterocycles. The van der Waals surface area contributed by atoms with E-state index in [1.165, 1.54) is 12.0 Å². The summed E-state index contributed by atoms with van der Waals surface area (Å²) in [4.78, 5) is 24.8. The van der Waals surface area contributed by atoms with Gasteiger partial charge < -0.3 is 9.63 Å². The third kappa shape index (κ3) is 5.97. The quantitative estimate of drug-likeness (QED) is 0.414. The highest BCUT2D eigenvalue weighted by molar-refractivity contribution is 5.83. The Kier molecular flexibility index (Phi) is 7.02. The van der Waals surface area contributed by atoms with Crippen molar-refractivity contribution in [3.05, 3.63) is 51.9 Å². The zero-order chi connectivity index (χ0) is 24.6. The Balaban J connectivity index is 1.51. The number of aliphatic carboxylic acids is 1. The number of carboxylic acids is 1. The molecule has 4 rings (SSSR count). The maximum Gasteiger partial charge on any atom is 0.304 e. The molecule has 2 aromatic rings. The SMILES string of the molecule is Cc1ccc(CC(=O)CC(CC(=O)O)c2noc(C3CC(CC(C)(C)C)C3)c2C2CC2)c(C)c1. The molecule has 2 saturated carbocycles. The standard InChI is InChI=1S/C29H39NO4/c1-17-6-7-21(18(2)10-17)13-24(31)14-22(15-25(32)33)27-26(20-8-9-20)28(34-30-27)23-11-19(12-23)16-29(3,4)5/h6-7,10,19-20,22-23H,8-9,11-16H2,1-5H3,(H,32,33). The predicted molar refractivity (Wildman–Crippen MR) is 132 cm³/mol. The number of carbonyl (C=O) groups is 2. The third-order valence-corrected chi connectivity index (χ3v) is 7.44. The Morgan fingerprint density at radius 1 is 1.12 bits per heavy atom. The molecule has 1 aromatic carbocycles. The van der Waals surface area contributed by atoms with E-state index in [-0.39, 0.29) is 18.6 Å². The van der Waals surface area contributed by atoms with Crippen LogP contribution in [0.5, 0.6) is 0 Å². The van der Waals surface area contributed by atoms with Crippen molar-refractivity contribution in [1.29, 1.82) is 0 Å². The van der Waals surface area contributed by atoms with Crippen LogP contribution in [0.1, 0.15) is 117 Å². The van der Waals surface area contributed by atoms with E-state index in [4.69, 9.17) is 4.52 Å². The zero-order valence-corrected chi connectivity index (χ0v) is 21.3. The van der Waals surface area contributed by atoms with Crippen LogP contribution in [0.3, 0.4) is 0 Å². The number of nitrogens with zero attached hydrogens (tertiary/aromatic N) is 1. The lowest BCUT2D eigenvalue weighted by molar-refractivity contribution is -0.137. The van der Waals surface area contributed by atoms with Gasteiger partial charge in [-0.1, -0.05) is 49.7 Å². The highest BCUT2D eigenvalue weighted by atomic mass is 16.5. The lowest BCUT2D eigenvalue weighted by Gasteiger charge is -2.38. The molecule has 1 N–H and O–H groups in total. The van der Waals surface area contributed by atoms with Gasteiger partial charge in [-0.05, 0) is 74.3 Å². The van der Waals surface area contributed by atoms with E-state index < -0.39 is 11.9 Å². The number of hydrogen-bond donors (Lipinski definition) is 1. The van der Waals surface area contributed by atoms with Gasteiger partial charge in [0.1, 0.15) is 11.5 Å². The van der Waals surface area contributed by atoms with Crippen LogP contribution in [0.25, 0.3) is 0 Å². The Morgan fingerprint density at radius 3 is 2.41 bits per heavy atom. The van der Waals surface area contributed by atoms with Gasteiger partial charge in [0.15, 0.2) is 0 Å². The van der Waals surface area contributed by atoms with Crippen LogP contribution in [0.4, 0.5) is 0 Å². The summed E-state index contributed by atoms with van der Waals surface area (Å²) in [5.41, 5.74) is 5.46. The summed E-state index contributed by atoms with van der Waals surface area (Å²) < 4.78 is 5.92. The Labute approximate surface area is 203 Å². The minimum atomic E-state index is -0.899. The number of carboxylic acid groups (broad SMARTS) is 1. The van der Waals surface area contributed by atoms with Crippen molar-refractivity contribution in [2.75, 3.05) is 0 Å². The molecule has 5 heteroatoms. The third-order valence-electron chi connectivity index (χ3n) is 7.44. The first-order valence-corrected chi connectivity index (χ1v) is 12.8. The van der Waals surface area contributed by atoms with Crippen LogP contribution in [0.2, 0.25) is 0 Å². The molecule has 0 saturated heterocycles. The van der Waals surface area contributed by atoms with Crippen molar-refractivity contribution in [3.63, 3.8) is 0 Å². The van der Waals surface area contributed by atoms with Crippen molar-refractivity contribution in [1.82, 2.24) is 5.16 Å². The molecule has 2 aliphatic rings. The lowest BCUT2D eigenvalue weighted by atomic mass is 9.66. The summed E-state index contributed by atoms with van der Waals surface area (Å²) in [6.45, 7) is 10.9. The van der Waals surface area contributed by atoms with Crippen LogP contribution >= 0.6 is 0 Å². The number of ketones is 1. The van der Waals surface area contributed by atoms with E-state index >= 15 is 0 Å². The van der Waals surface area contributed by atoms with Crippen LogP contribution < -0.4 is 0 Å². The fraction of sp³-hybridized carbons (Fsp3) is 0.621. The highest BCUT2D eigenvalue weighted by Crippen LogP contribution is 2.53. The normalized spacial score (nSPS) is 21.2. The first-order chi connectivity index (χ1) is 16.0. The van der Waals surface area contributed by atoms with E-state index in [0.717, 1.165) is 53.8 Å². The van der Waals surface area contributed by atoms with Gasteiger partial charge in [-0.2, -0.15) is 0 Å². The van der Waals surface area contributed by atoms with Gasteiger partial charge in [0.25, 0.3) is 0 Å². The first-order valence-electron chi connectivity index (χ1n) is 12.8. The van der Waals surface area contributed by atoms with E-state index in [1.54, 1.807) is 0 Å². The second kappa shape index (κ2) is 9.67. The monoisotopic (exact) mass is 465 g/mol. The molecule has 1 aromatic heterocycles. The average molecular weight is 466 g/mol. The molecule has 0 radical (unpaired) electrons. The Morgan fingerprint density at radius 2 is 1.82 bits per heavy atom. The summed E-state index contributed by atoms with van der Waals surface area (Å²) >= 11 is 0. The highest BCUT2D eigenvalue weighted by Gasteiger charge is 2.42. The van der Waals surface area contributed by atoms with Gasteiger partial charge >= 0.3 is 5.97 Å². The maximum atomic E-state index is 13.0. The molecule has 2 aliphatic carbocycles. The molecule has 184 valence electrons. The van der Waals surface area contributed by atoms with E-state index in [0.29, 0.717) is 29.6 Å². The number of carbonyl (C=O) groups excluding carboxylic acids is 1. The molecule has 1 heterocycles. The van der Waals surface area contributed by atoms with E-state index in [2.05, 4.69) is 32.0 Å². The molecule has 0 bridgehead atoms. The number of rotatable bonds is 10. The van der Waals surface area contributed by atoms with Gasteiger partial charge in [0.2, 0.25) is 0 Å². The number of aromatic nitrogens is 1. The Hall–Kier alpha value is -2.43. The zero-order valence-electron chi connectivity index (χ0n) is 21.3. The number of hydrogen-bond acceptors (Lipinski definition) is 4. The molecule has 2 fully saturated rings. The molecular formula is C29H39NO4. The van der Waals surface area contributed by atoms with Crippen LogP contribution in [-0.2, 0) is 16.0 Å². The maximum absolute atomic E-state index is 13.0. The fourth-order valence-corrected chi connectivity index (χ4v) is 5.76. The Bertz CT molecular complexity index is 1050. The van der Waals surface area contributed by atoms with Crippen LogP contribution in [-0.4, -0.2) is 22.0 Å². The number of Topliss-reactive ketones (excluding diaryl/α,β-unsaturated/α-hetero) is 1. The number of benzene rings is 1. The van der Waals surface area contributed by atoms with Crippen molar-refractivity contribution in [2.24, 2.45) is 11.3 Å². The van der Waals surface area contributed by atoms with Gasteiger partial charge in [-0.25, -0.2) is 0 Å². The van der Waals surface area contributed by atoms with Crippen LogP contribution in [0.15, 0.2) is 22.7 Å². The van der Waals surface area contributed by atoms with Crippen molar-refractivity contribution in [3.8, 4) is 0 Å². The predicted octanol–water partition coefficient (Wildman–Crippen LogP) is 6.86. The van der Waals surface area contributed by atoms with E-state index in [1.807, 2.05) is 26.0 Å². The molecule has 34 heavy (non-hydrogen) atoms. The minimum Gasteiger partial charge on any atom is -0.481 e. The van der Waals surface area contributed by atoms with E-state index in [9.17, 15) is 14.7 Å². The summed E-state index contributed by atoms with van der Waals surface area (Å²) in [6.07, 6.45) is 6.03. The minimum absolute atomic E-state index is 0.0541. The summed E-state index contributed by atoms with van der Waals surface area (Å²) in [5.74, 6) is 1.18. The van der Waals surface area contributed by atoms with Gasteiger partial charge in [-0.3, -0.25) is 9.59 Å². The molecule has 0 amide bonds. The second-order valence-electron chi connectivity index (χ2n) is 12.1. The van der Waals surface area contributed by atoms with Gasteiger partial charge in [0.05, 0.1) is 12.1 Å². The van der Waals surface area contributed by atoms with Gasteiger partial charge in [-0.15, -0.1) is 0 Å². The summed E-state index contributed by atoms with van der Waals surface area (Å²) in [6, 6.07) is 6.10. The first kappa shape index (κ1) is 24.7. The molecule has 0 spiro atoms. The van der Waals surface area contributed by atoms with Crippen molar-refractivity contribution in [2.45, 2.75) is 104 Å². The molecule has 1 atom stereocenters. The fourth-order valence-electron chi connectivity index (χ4n) is 5.76. The van der Waals surface area contributed by atoms with Gasteiger partial charge in [0, 0.05) is 30.2 Å². The smallest absolute Gasteiger partial charge is 0.304 e. The van der Waals surface area contributed by atoms with Crippen molar-refractivity contribution >= 4 is 11.8 Å².